The van der Waals surface area contributed by atoms with Gasteiger partial charge in [-0.25, -0.2) is 19.4 Å². The number of halogens is 1. The lowest BCUT2D eigenvalue weighted by Gasteiger charge is -2.28. The van der Waals surface area contributed by atoms with Crippen LogP contribution in [0.4, 0.5) is 9.18 Å². The van der Waals surface area contributed by atoms with Crippen LogP contribution in [0.25, 0.3) is 6.08 Å². The van der Waals surface area contributed by atoms with Crippen molar-refractivity contribution >= 4 is 41.0 Å². The summed E-state index contributed by atoms with van der Waals surface area (Å²) < 4.78 is 24.8. The SMILES string of the molecule is CC(C)[C@H](NC(=O)OC(C)(C)C)C(=O)Oc1cc(F)ccc1/C=C1/SC(N2CCCCN2)=NC1=O. The fourth-order valence-corrected chi connectivity index (χ4v) is 4.24. The van der Waals surface area contributed by atoms with Crippen molar-refractivity contribution in [3.63, 3.8) is 0 Å². The molecule has 2 aliphatic heterocycles. The van der Waals surface area contributed by atoms with E-state index >= 15 is 0 Å². The Bertz CT molecular complexity index is 1040. The minimum atomic E-state index is -1.03. The second kappa shape index (κ2) is 11.2. The predicted octanol–water partition coefficient (Wildman–Crippen LogP) is 3.85. The van der Waals surface area contributed by atoms with Crippen molar-refractivity contribution in [1.82, 2.24) is 15.8 Å². The third kappa shape index (κ3) is 7.53. The van der Waals surface area contributed by atoms with Crippen molar-refractivity contribution in [3.05, 3.63) is 34.5 Å². The van der Waals surface area contributed by atoms with Gasteiger partial charge in [0.15, 0.2) is 5.17 Å². The minimum Gasteiger partial charge on any atom is -0.444 e. The van der Waals surface area contributed by atoms with Crippen molar-refractivity contribution < 1.29 is 28.2 Å². The van der Waals surface area contributed by atoms with E-state index in [0.717, 1.165) is 32.0 Å². The summed E-state index contributed by atoms with van der Waals surface area (Å²) in [7, 11) is 0. The van der Waals surface area contributed by atoms with Gasteiger partial charge >= 0.3 is 12.1 Å². The second-order valence-electron chi connectivity index (χ2n) is 9.55. The Labute approximate surface area is 208 Å². The maximum absolute atomic E-state index is 14.0. The molecule has 1 aromatic rings. The molecule has 3 rings (SSSR count). The number of aliphatic imine (C=N–C) groups is 1. The number of alkyl carbamates (subject to hydrolysis) is 1. The Morgan fingerprint density at radius 1 is 1.29 bits per heavy atom. The molecule has 11 heteroatoms. The first kappa shape index (κ1) is 26.7. The van der Waals surface area contributed by atoms with E-state index in [-0.39, 0.29) is 11.7 Å². The molecule has 0 spiro atoms. The van der Waals surface area contributed by atoms with Crippen molar-refractivity contribution in [2.45, 2.75) is 59.1 Å². The average Bonchev–Trinajstić information content (AvgIpc) is 3.13. The van der Waals surface area contributed by atoms with Gasteiger partial charge in [-0.2, -0.15) is 4.99 Å². The number of amidine groups is 1. The molecule has 1 atom stereocenters. The highest BCUT2D eigenvalue weighted by atomic mass is 32.2. The molecule has 2 aliphatic rings. The lowest BCUT2D eigenvalue weighted by Crippen LogP contribution is -2.48. The number of hydrazine groups is 1. The molecule has 0 bridgehead atoms. The maximum atomic E-state index is 14.0. The lowest BCUT2D eigenvalue weighted by atomic mass is 10.0. The molecule has 2 amide bonds. The number of amides is 2. The quantitative estimate of drug-likeness (QED) is 0.352. The first-order valence-corrected chi connectivity index (χ1v) is 12.3. The van der Waals surface area contributed by atoms with Gasteiger partial charge in [0.2, 0.25) is 0 Å². The molecular formula is C24H31FN4O5S. The zero-order valence-corrected chi connectivity index (χ0v) is 21.3. The van der Waals surface area contributed by atoms with Crippen molar-refractivity contribution in [2.24, 2.45) is 10.9 Å². The molecule has 0 unspecified atom stereocenters. The molecule has 0 radical (unpaired) electrons. The highest BCUT2D eigenvalue weighted by Crippen LogP contribution is 2.33. The maximum Gasteiger partial charge on any atom is 0.408 e. The molecule has 0 aromatic heterocycles. The first-order chi connectivity index (χ1) is 16.4. The normalized spacial score (nSPS) is 18.5. The van der Waals surface area contributed by atoms with Gasteiger partial charge in [0.1, 0.15) is 23.2 Å². The number of carbonyl (C=O) groups is 3. The van der Waals surface area contributed by atoms with Crippen molar-refractivity contribution in [3.8, 4) is 5.75 Å². The van der Waals surface area contributed by atoms with E-state index in [1.807, 2.05) is 5.01 Å². The van der Waals surface area contributed by atoms with E-state index in [1.165, 1.54) is 30.0 Å². The van der Waals surface area contributed by atoms with Crippen LogP contribution in [-0.2, 0) is 14.3 Å². The number of benzene rings is 1. The third-order valence-electron chi connectivity index (χ3n) is 5.02. The summed E-state index contributed by atoms with van der Waals surface area (Å²) in [6.07, 6.45) is 2.79. The highest BCUT2D eigenvalue weighted by molar-refractivity contribution is 8.18. The molecule has 1 aromatic carbocycles. The number of thioether (sulfide) groups is 1. The van der Waals surface area contributed by atoms with Gasteiger partial charge in [-0.05, 0) is 69.5 Å². The number of hydrogen-bond acceptors (Lipinski definition) is 8. The van der Waals surface area contributed by atoms with Gasteiger partial charge < -0.3 is 14.8 Å². The summed E-state index contributed by atoms with van der Waals surface area (Å²) in [6.45, 7) is 10.1. The second-order valence-corrected chi connectivity index (χ2v) is 10.6. The minimum absolute atomic E-state index is 0.0721. The van der Waals surface area contributed by atoms with Gasteiger partial charge in [-0.15, -0.1) is 0 Å². The fourth-order valence-electron chi connectivity index (χ4n) is 3.33. The zero-order valence-electron chi connectivity index (χ0n) is 20.5. The fraction of sp³-hybridized carbons (Fsp3) is 0.500. The van der Waals surface area contributed by atoms with E-state index in [2.05, 4.69) is 15.7 Å². The largest absolute Gasteiger partial charge is 0.444 e. The molecule has 0 aliphatic carbocycles. The van der Waals surface area contributed by atoms with Crippen LogP contribution >= 0.6 is 11.8 Å². The van der Waals surface area contributed by atoms with Crippen LogP contribution in [0.3, 0.4) is 0 Å². The van der Waals surface area contributed by atoms with Gasteiger partial charge in [0.05, 0.1) is 4.91 Å². The summed E-state index contributed by atoms with van der Waals surface area (Å²) in [6, 6.07) is 2.66. The Morgan fingerprint density at radius 2 is 2.03 bits per heavy atom. The summed E-state index contributed by atoms with van der Waals surface area (Å²) in [4.78, 5) is 42.1. The van der Waals surface area contributed by atoms with Crippen LogP contribution in [0.5, 0.6) is 5.75 Å². The van der Waals surface area contributed by atoms with Crippen LogP contribution in [0.2, 0.25) is 0 Å². The first-order valence-electron chi connectivity index (χ1n) is 11.5. The molecule has 1 saturated heterocycles. The van der Waals surface area contributed by atoms with Gasteiger partial charge in [0.25, 0.3) is 5.91 Å². The molecule has 2 heterocycles. The summed E-state index contributed by atoms with van der Waals surface area (Å²) in [5, 5.41) is 4.90. The molecule has 0 saturated carbocycles. The summed E-state index contributed by atoms with van der Waals surface area (Å²) in [5.74, 6) is -2.22. The van der Waals surface area contributed by atoms with E-state index in [4.69, 9.17) is 9.47 Å². The van der Waals surface area contributed by atoms with Crippen molar-refractivity contribution in [2.75, 3.05) is 13.1 Å². The summed E-state index contributed by atoms with van der Waals surface area (Å²) >= 11 is 1.19. The topological polar surface area (TPSA) is 109 Å². The van der Waals surface area contributed by atoms with Crippen molar-refractivity contribution in [1.29, 1.82) is 0 Å². The Hall–Kier alpha value is -2.92. The van der Waals surface area contributed by atoms with Crippen LogP contribution < -0.4 is 15.5 Å². The van der Waals surface area contributed by atoms with E-state index in [0.29, 0.717) is 15.6 Å². The van der Waals surface area contributed by atoms with Crippen LogP contribution in [0.15, 0.2) is 28.1 Å². The number of esters is 1. The van der Waals surface area contributed by atoms with E-state index in [9.17, 15) is 18.8 Å². The molecular weight excluding hydrogens is 475 g/mol. The molecule has 190 valence electrons. The summed E-state index contributed by atoms with van der Waals surface area (Å²) in [5.41, 5.74) is 2.79. The van der Waals surface area contributed by atoms with Crippen LogP contribution in [0.1, 0.15) is 53.0 Å². The molecule has 1 fully saturated rings. The number of nitrogens with zero attached hydrogens (tertiary/aromatic N) is 2. The van der Waals surface area contributed by atoms with E-state index in [1.54, 1.807) is 34.6 Å². The van der Waals surface area contributed by atoms with Gasteiger partial charge in [0, 0.05) is 24.7 Å². The average molecular weight is 507 g/mol. The molecule has 35 heavy (non-hydrogen) atoms. The van der Waals surface area contributed by atoms with Crippen LogP contribution in [-0.4, -0.2) is 52.9 Å². The number of nitrogens with one attached hydrogen (secondary N) is 2. The Balaban J connectivity index is 1.77. The number of hydrogen-bond donors (Lipinski definition) is 2. The lowest BCUT2D eigenvalue weighted by molar-refractivity contribution is -0.138. The van der Waals surface area contributed by atoms with Crippen LogP contribution in [0, 0.1) is 11.7 Å². The Kier molecular flexibility index (Phi) is 8.55. The monoisotopic (exact) mass is 506 g/mol. The zero-order chi connectivity index (χ0) is 25.8. The van der Waals surface area contributed by atoms with E-state index < -0.39 is 35.4 Å². The standard InChI is InChI=1S/C24H31FN4O5S/c1-14(2)19(27-23(32)34-24(3,4)5)21(31)33-17-13-16(25)9-8-15(17)12-18-20(30)28-22(35-18)29-11-7-6-10-26-29/h8-9,12-14,19,26H,6-7,10-11H2,1-5H3,(H,27,32)/b18-12+/t19-/m0/s1. The third-order valence-corrected chi connectivity index (χ3v) is 6.02. The molecule has 2 N–H and O–H groups in total. The van der Waals surface area contributed by atoms with Gasteiger partial charge in [-0.1, -0.05) is 13.8 Å². The van der Waals surface area contributed by atoms with Gasteiger partial charge in [-0.3, -0.25) is 9.80 Å². The number of rotatable bonds is 5. The smallest absolute Gasteiger partial charge is 0.408 e. The number of carbonyl (C=O) groups excluding carboxylic acids is 3. The Morgan fingerprint density at radius 3 is 2.66 bits per heavy atom. The molecule has 9 nitrogen and oxygen atoms in total. The number of ether oxygens (including phenoxy) is 2. The highest BCUT2D eigenvalue weighted by Gasteiger charge is 2.30. The predicted molar refractivity (Wildman–Crippen MR) is 132 cm³/mol.